The highest BCUT2D eigenvalue weighted by molar-refractivity contribution is 5.94. The number of aliphatic hydroxyl groups is 1. The second-order valence-electron chi connectivity index (χ2n) is 4.62. The molecule has 4 nitrogen and oxygen atoms in total. The van der Waals surface area contributed by atoms with Gasteiger partial charge in [0, 0.05) is 12.1 Å². The molecule has 4 heteroatoms. The third-order valence-corrected chi connectivity index (χ3v) is 2.73. The van der Waals surface area contributed by atoms with Crippen molar-refractivity contribution in [3.63, 3.8) is 0 Å². The molecule has 0 saturated carbocycles. The van der Waals surface area contributed by atoms with Crippen molar-refractivity contribution in [1.82, 2.24) is 5.32 Å². The summed E-state index contributed by atoms with van der Waals surface area (Å²) in [7, 11) is 0. The van der Waals surface area contributed by atoms with Crippen LogP contribution < -0.4 is 10.1 Å². The van der Waals surface area contributed by atoms with Crippen molar-refractivity contribution in [2.45, 2.75) is 39.2 Å². The van der Waals surface area contributed by atoms with Gasteiger partial charge in [-0.25, -0.2) is 0 Å². The van der Waals surface area contributed by atoms with Crippen LogP contribution in [0.3, 0.4) is 0 Å². The Hall–Kier alpha value is -1.55. The number of nitrogens with one attached hydrogen (secondary N) is 1. The Balaban J connectivity index is 2.39. The molecule has 0 bridgehead atoms. The molecule has 1 aromatic carbocycles. The molecule has 0 fully saturated rings. The summed E-state index contributed by atoms with van der Waals surface area (Å²) in [6.45, 7) is 5.00. The minimum Gasteiger partial charge on any atom is -0.494 e. The van der Waals surface area contributed by atoms with Gasteiger partial charge in [-0.1, -0.05) is 13.3 Å². The fraction of sp³-hybridized carbons (Fsp3) is 0.533. The summed E-state index contributed by atoms with van der Waals surface area (Å²) in [5.41, 5.74) is 0.605. The number of hydrogen-bond acceptors (Lipinski definition) is 3. The van der Waals surface area contributed by atoms with E-state index in [0.29, 0.717) is 25.1 Å². The highest BCUT2D eigenvalue weighted by Crippen LogP contribution is 2.12. The van der Waals surface area contributed by atoms with Gasteiger partial charge in [0.1, 0.15) is 5.75 Å². The van der Waals surface area contributed by atoms with Crippen LogP contribution in [0.2, 0.25) is 0 Å². The Bertz CT molecular complexity index is 373. The lowest BCUT2D eigenvalue weighted by molar-refractivity contribution is 0.0945. The van der Waals surface area contributed by atoms with Crippen LogP contribution in [0, 0.1) is 0 Å². The fourth-order valence-corrected chi connectivity index (χ4v) is 1.53. The monoisotopic (exact) mass is 265 g/mol. The van der Waals surface area contributed by atoms with E-state index in [9.17, 15) is 4.79 Å². The first-order chi connectivity index (χ1) is 9.13. The number of ether oxygens (including phenoxy) is 1. The topological polar surface area (TPSA) is 58.6 Å². The molecule has 19 heavy (non-hydrogen) atoms. The van der Waals surface area contributed by atoms with Gasteiger partial charge < -0.3 is 15.2 Å². The smallest absolute Gasteiger partial charge is 0.251 e. The number of carbonyl (C=O) groups excluding carboxylic acids is 1. The van der Waals surface area contributed by atoms with Crippen molar-refractivity contribution < 1.29 is 14.6 Å². The summed E-state index contributed by atoms with van der Waals surface area (Å²) in [5.74, 6) is 0.662. The largest absolute Gasteiger partial charge is 0.494 e. The molecule has 0 radical (unpaired) electrons. The van der Waals surface area contributed by atoms with Gasteiger partial charge in [-0.05, 0) is 44.0 Å². The van der Waals surface area contributed by atoms with E-state index in [1.165, 1.54) is 0 Å². The van der Waals surface area contributed by atoms with Crippen LogP contribution in [0.25, 0.3) is 0 Å². The van der Waals surface area contributed by atoms with E-state index in [1.54, 1.807) is 31.2 Å². The summed E-state index contributed by atoms with van der Waals surface area (Å²) in [6.07, 6.45) is 2.30. The molecular weight excluding hydrogens is 242 g/mol. The van der Waals surface area contributed by atoms with Crippen LogP contribution in [-0.2, 0) is 0 Å². The van der Waals surface area contributed by atoms with Crippen LogP contribution in [0.15, 0.2) is 24.3 Å². The van der Waals surface area contributed by atoms with Gasteiger partial charge in [0.25, 0.3) is 5.91 Å². The summed E-state index contributed by atoms with van der Waals surface area (Å²) in [6, 6.07) is 7.11. The first-order valence-corrected chi connectivity index (χ1v) is 6.82. The third-order valence-electron chi connectivity index (χ3n) is 2.73. The maximum absolute atomic E-state index is 11.8. The van der Waals surface area contributed by atoms with Gasteiger partial charge >= 0.3 is 0 Å². The van der Waals surface area contributed by atoms with Gasteiger partial charge in [0.2, 0.25) is 0 Å². The average Bonchev–Trinajstić information content (AvgIpc) is 2.39. The molecule has 106 valence electrons. The van der Waals surface area contributed by atoms with E-state index >= 15 is 0 Å². The maximum Gasteiger partial charge on any atom is 0.251 e. The molecule has 0 aromatic heterocycles. The van der Waals surface area contributed by atoms with Crippen molar-refractivity contribution in [3.8, 4) is 5.75 Å². The standard InChI is InChI=1S/C15H23NO3/c1-3-4-11-19-14-7-5-13(6-8-14)15(18)16-10-9-12(2)17/h5-8,12,17H,3-4,9-11H2,1-2H3,(H,16,18). The van der Waals surface area contributed by atoms with Crippen LogP contribution in [0.5, 0.6) is 5.75 Å². The zero-order valence-corrected chi connectivity index (χ0v) is 11.7. The predicted octanol–water partition coefficient (Wildman–Crippen LogP) is 2.37. The van der Waals surface area contributed by atoms with E-state index in [0.717, 1.165) is 18.6 Å². The van der Waals surface area contributed by atoms with Crippen LogP contribution >= 0.6 is 0 Å². The van der Waals surface area contributed by atoms with E-state index in [1.807, 2.05) is 0 Å². The lowest BCUT2D eigenvalue weighted by Gasteiger charge is -2.08. The number of aliphatic hydroxyl groups excluding tert-OH is 1. The SMILES string of the molecule is CCCCOc1ccc(C(=O)NCCC(C)O)cc1. The van der Waals surface area contributed by atoms with E-state index in [4.69, 9.17) is 9.84 Å². The summed E-state index contributed by atoms with van der Waals surface area (Å²) in [5, 5.41) is 11.9. The first kappa shape index (κ1) is 15.5. The average molecular weight is 265 g/mol. The van der Waals surface area contributed by atoms with Gasteiger partial charge in [-0.2, -0.15) is 0 Å². The normalized spacial score (nSPS) is 11.9. The van der Waals surface area contributed by atoms with Gasteiger partial charge in [-0.3, -0.25) is 4.79 Å². The van der Waals surface area contributed by atoms with Gasteiger partial charge in [0.15, 0.2) is 0 Å². The lowest BCUT2D eigenvalue weighted by atomic mass is 10.2. The number of rotatable bonds is 8. The Morgan fingerprint density at radius 3 is 2.63 bits per heavy atom. The third kappa shape index (κ3) is 6.25. The van der Waals surface area contributed by atoms with Gasteiger partial charge in [-0.15, -0.1) is 0 Å². The van der Waals surface area contributed by atoms with Crippen molar-refractivity contribution in [2.24, 2.45) is 0 Å². The Labute approximate surface area is 114 Å². The Kier molecular flexibility index (Phi) is 6.97. The summed E-state index contributed by atoms with van der Waals surface area (Å²) < 4.78 is 5.53. The zero-order chi connectivity index (χ0) is 14.1. The number of amides is 1. The molecule has 1 rings (SSSR count). The minimum absolute atomic E-state index is 0.124. The summed E-state index contributed by atoms with van der Waals surface area (Å²) >= 11 is 0. The Morgan fingerprint density at radius 2 is 2.05 bits per heavy atom. The molecule has 1 atom stereocenters. The van der Waals surface area contributed by atoms with Crippen molar-refractivity contribution in [2.75, 3.05) is 13.2 Å². The zero-order valence-electron chi connectivity index (χ0n) is 11.7. The van der Waals surface area contributed by atoms with Crippen LogP contribution in [-0.4, -0.2) is 30.3 Å². The number of carbonyl (C=O) groups is 1. The highest BCUT2D eigenvalue weighted by Gasteiger charge is 2.05. The maximum atomic E-state index is 11.8. The molecule has 1 amide bonds. The molecule has 0 saturated heterocycles. The summed E-state index contributed by atoms with van der Waals surface area (Å²) in [4.78, 5) is 11.8. The van der Waals surface area contributed by atoms with Gasteiger partial charge in [0.05, 0.1) is 12.7 Å². The predicted molar refractivity (Wildman–Crippen MR) is 75.5 cm³/mol. The number of hydrogen-bond donors (Lipinski definition) is 2. The molecule has 1 unspecified atom stereocenters. The first-order valence-electron chi connectivity index (χ1n) is 6.82. The second kappa shape index (κ2) is 8.53. The molecule has 0 aliphatic rings. The van der Waals surface area contributed by atoms with E-state index in [-0.39, 0.29) is 5.91 Å². The lowest BCUT2D eigenvalue weighted by Crippen LogP contribution is -2.26. The van der Waals surface area contributed by atoms with Crippen molar-refractivity contribution in [1.29, 1.82) is 0 Å². The van der Waals surface area contributed by atoms with Crippen molar-refractivity contribution >= 4 is 5.91 Å². The quantitative estimate of drug-likeness (QED) is 0.709. The molecular formula is C15H23NO3. The molecule has 2 N–H and O–H groups in total. The number of unbranched alkanes of at least 4 members (excludes halogenated alkanes) is 1. The molecule has 0 heterocycles. The van der Waals surface area contributed by atoms with E-state index in [2.05, 4.69) is 12.2 Å². The highest BCUT2D eigenvalue weighted by atomic mass is 16.5. The molecule has 0 aliphatic carbocycles. The van der Waals surface area contributed by atoms with Crippen LogP contribution in [0.1, 0.15) is 43.5 Å². The number of benzene rings is 1. The minimum atomic E-state index is -0.394. The second-order valence-corrected chi connectivity index (χ2v) is 4.62. The van der Waals surface area contributed by atoms with Crippen molar-refractivity contribution in [3.05, 3.63) is 29.8 Å². The van der Waals surface area contributed by atoms with E-state index < -0.39 is 6.10 Å². The molecule has 1 aromatic rings. The molecule has 0 spiro atoms. The molecule has 0 aliphatic heterocycles. The van der Waals surface area contributed by atoms with Crippen LogP contribution in [0.4, 0.5) is 0 Å². The Morgan fingerprint density at radius 1 is 1.37 bits per heavy atom. The fourth-order valence-electron chi connectivity index (χ4n) is 1.53.